The van der Waals surface area contributed by atoms with Crippen molar-refractivity contribution in [2.75, 3.05) is 0 Å². The van der Waals surface area contributed by atoms with Gasteiger partial charge in [0.05, 0.1) is 11.1 Å². The summed E-state index contributed by atoms with van der Waals surface area (Å²) < 4.78 is 0. The molecule has 1 heterocycles. The van der Waals surface area contributed by atoms with Gasteiger partial charge in [0.25, 0.3) is 0 Å². The maximum atomic E-state index is 12.2. The summed E-state index contributed by atoms with van der Waals surface area (Å²) in [5.41, 5.74) is 1.59. The van der Waals surface area contributed by atoms with E-state index in [-0.39, 0.29) is 18.5 Å². The van der Waals surface area contributed by atoms with E-state index >= 15 is 0 Å². The van der Waals surface area contributed by atoms with Gasteiger partial charge < -0.3 is 5.32 Å². The first-order valence-electron chi connectivity index (χ1n) is 7.60. The molecule has 2 aromatic carbocycles. The van der Waals surface area contributed by atoms with Crippen molar-refractivity contribution in [2.45, 2.75) is 19.5 Å². The lowest BCUT2D eigenvalue weighted by molar-refractivity contribution is -0.122. The lowest BCUT2D eigenvalue weighted by Crippen LogP contribution is -2.30. The Bertz CT molecular complexity index is 896. The molecule has 0 bridgehead atoms. The molecule has 1 N–H and O–H groups in total. The number of tetrazole rings is 1. The summed E-state index contributed by atoms with van der Waals surface area (Å²) in [6.07, 6.45) is 0. The summed E-state index contributed by atoms with van der Waals surface area (Å²) in [6.45, 7) is 1.84. The monoisotopic (exact) mass is 375 g/mol. The number of hydrogen-bond acceptors (Lipinski definition) is 4. The molecule has 128 valence electrons. The second-order valence-electron chi connectivity index (χ2n) is 5.47. The number of nitrogens with zero attached hydrogens (tertiary/aromatic N) is 4. The smallest absolute Gasteiger partial charge is 0.244 e. The highest BCUT2D eigenvalue weighted by atomic mass is 35.5. The van der Waals surface area contributed by atoms with Gasteiger partial charge in [-0.25, -0.2) is 0 Å². The van der Waals surface area contributed by atoms with Crippen LogP contribution in [0.15, 0.2) is 48.5 Å². The largest absolute Gasteiger partial charge is 0.348 e. The van der Waals surface area contributed by atoms with Crippen molar-refractivity contribution >= 4 is 29.1 Å². The predicted molar refractivity (Wildman–Crippen MR) is 96.3 cm³/mol. The highest BCUT2D eigenvalue weighted by Gasteiger charge is 2.14. The van der Waals surface area contributed by atoms with Gasteiger partial charge in [0.1, 0.15) is 6.54 Å². The minimum Gasteiger partial charge on any atom is -0.348 e. The SMILES string of the molecule is CC(NC(=O)Cn1nnc(-c2ccccc2Cl)n1)c1cccc(Cl)c1. The van der Waals surface area contributed by atoms with E-state index in [9.17, 15) is 4.79 Å². The molecule has 6 nitrogen and oxygen atoms in total. The fourth-order valence-corrected chi connectivity index (χ4v) is 2.75. The molecule has 1 atom stereocenters. The molecule has 1 unspecified atom stereocenters. The van der Waals surface area contributed by atoms with E-state index < -0.39 is 0 Å². The van der Waals surface area contributed by atoms with Gasteiger partial charge in [0.2, 0.25) is 11.7 Å². The average molecular weight is 376 g/mol. The van der Waals surface area contributed by atoms with Crippen LogP contribution in [0, 0.1) is 0 Å². The Kier molecular flexibility index (Phi) is 5.31. The van der Waals surface area contributed by atoms with Gasteiger partial charge in [-0.05, 0) is 42.0 Å². The third-order valence-electron chi connectivity index (χ3n) is 3.58. The third-order valence-corrected chi connectivity index (χ3v) is 4.14. The molecule has 3 rings (SSSR count). The molecular formula is C17H15Cl2N5O. The lowest BCUT2D eigenvalue weighted by atomic mass is 10.1. The molecule has 0 saturated heterocycles. The van der Waals surface area contributed by atoms with Crippen molar-refractivity contribution in [2.24, 2.45) is 0 Å². The van der Waals surface area contributed by atoms with Crippen molar-refractivity contribution in [3.05, 3.63) is 64.1 Å². The van der Waals surface area contributed by atoms with E-state index in [1.807, 2.05) is 37.3 Å². The van der Waals surface area contributed by atoms with Crippen molar-refractivity contribution in [3.63, 3.8) is 0 Å². The van der Waals surface area contributed by atoms with E-state index in [0.29, 0.717) is 21.4 Å². The van der Waals surface area contributed by atoms with Crippen LogP contribution in [0.3, 0.4) is 0 Å². The Labute approximate surface area is 154 Å². The number of benzene rings is 2. The number of amides is 1. The first kappa shape index (κ1) is 17.4. The summed E-state index contributed by atoms with van der Waals surface area (Å²) in [6, 6.07) is 14.4. The van der Waals surface area contributed by atoms with Crippen LogP contribution in [0.25, 0.3) is 11.4 Å². The van der Waals surface area contributed by atoms with Crippen molar-refractivity contribution in [1.29, 1.82) is 0 Å². The van der Waals surface area contributed by atoms with E-state index in [0.717, 1.165) is 5.56 Å². The summed E-state index contributed by atoms with van der Waals surface area (Å²) in [4.78, 5) is 13.4. The second kappa shape index (κ2) is 7.63. The van der Waals surface area contributed by atoms with Crippen molar-refractivity contribution in [3.8, 4) is 11.4 Å². The van der Waals surface area contributed by atoms with E-state index in [2.05, 4.69) is 20.7 Å². The zero-order chi connectivity index (χ0) is 17.8. The molecule has 0 aliphatic carbocycles. The molecule has 25 heavy (non-hydrogen) atoms. The van der Waals surface area contributed by atoms with Crippen LogP contribution in [0.1, 0.15) is 18.5 Å². The number of carbonyl (C=O) groups excluding carboxylic acids is 1. The average Bonchev–Trinajstić information content (AvgIpc) is 3.03. The van der Waals surface area contributed by atoms with Crippen LogP contribution in [-0.2, 0) is 11.3 Å². The fraction of sp³-hybridized carbons (Fsp3) is 0.176. The Morgan fingerprint density at radius 1 is 1.20 bits per heavy atom. The van der Waals surface area contributed by atoms with Gasteiger partial charge in [-0.15, -0.1) is 10.2 Å². The summed E-state index contributed by atoms with van der Waals surface area (Å²) in [7, 11) is 0. The number of hydrogen-bond donors (Lipinski definition) is 1. The Balaban J connectivity index is 1.65. The minimum absolute atomic E-state index is 0.0393. The maximum absolute atomic E-state index is 12.2. The molecule has 0 aliphatic rings. The van der Waals surface area contributed by atoms with Crippen LogP contribution < -0.4 is 5.32 Å². The van der Waals surface area contributed by atoms with Crippen LogP contribution in [0.5, 0.6) is 0 Å². The summed E-state index contributed by atoms with van der Waals surface area (Å²) >= 11 is 12.1. The molecule has 0 aliphatic heterocycles. The molecule has 0 saturated carbocycles. The highest BCUT2D eigenvalue weighted by Crippen LogP contribution is 2.23. The normalized spacial score (nSPS) is 12.0. The van der Waals surface area contributed by atoms with Gasteiger partial charge in [0.15, 0.2) is 0 Å². The molecule has 0 spiro atoms. The summed E-state index contributed by atoms with van der Waals surface area (Å²) in [5.74, 6) is 0.150. The van der Waals surface area contributed by atoms with Gasteiger partial charge >= 0.3 is 0 Å². The molecular weight excluding hydrogens is 361 g/mol. The molecule has 1 amide bonds. The lowest BCUT2D eigenvalue weighted by Gasteiger charge is -2.14. The number of nitrogens with one attached hydrogen (secondary N) is 1. The Morgan fingerprint density at radius 3 is 2.76 bits per heavy atom. The van der Waals surface area contributed by atoms with Gasteiger partial charge in [0, 0.05) is 10.6 Å². The molecule has 1 aromatic heterocycles. The van der Waals surface area contributed by atoms with Crippen LogP contribution in [-0.4, -0.2) is 26.1 Å². The number of halogens is 2. The Morgan fingerprint density at radius 2 is 2.00 bits per heavy atom. The van der Waals surface area contributed by atoms with Crippen molar-refractivity contribution < 1.29 is 4.79 Å². The van der Waals surface area contributed by atoms with Crippen molar-refractivity contribution in [1.82, 2.24) is 25.5 Å². The molecule has 0 fully saturated rings. The standard InChI is InChI=1S/C17H15Cl2N5O/c1-11(12-5-4-6-13(18)9-12)20-16(25)10-24-22-17(21-23-24)14-7-2-3-8-15(14)19/h2-9,11H,10H2,1H3,(H,20,25). The first-order valence-corrected chi connectivity index (χ1v) is 8.36. The van der Waals surface area contributed by atoms with Gasteiger partial charge in [-0.1, -0.05) is 47.5 Å². The molecule has 8 heteroatoms. The molecule has 0 radical (unpaired) electrons. The van der Waals surface area contributed by atoms with Crippen LogP contribution in [0.2, 0.25) is 10.0 Å². The molecule has 3 aromatic rings. The van der Waals surface area contributed by atoms with Gasteiger partial charge in [-0.2, -0.15) is 4.80 Å². The first-order chi connectivity index (χ1) is 12.0. The zero-order valence-electron chi connectivity index (χ0n) is 13.4. The number of carbonyl (C=O) groups is 1. The predicted octanol–water partition coefficient (Wildman–Crippen LogP) is 3.52. The highest BCUT2D eigenvalue weighted by molar-refractivity contribution is 6.33. The van der Waals surface area contributed by atoms with E-state index in [4.69, 9.17) is 23.2 Å². The minimum atomic E-state index is -0.226. The van der Waals surface area contributed by atoms with Crippen LogP contribution in [0.4, 0.5) is 0 Å². The van der Waals surface area contributed by atoms with E-state index in [1.165, 1.54) is 4.80 Å². The second-order valence-corrected chi connectivity index (χ2v) is 6.31. The fourth-order valence-electron chi connectivity index (χ4n) is 2.34. The maximum Gasteiger partial charge on any atom is 0.244 e. The zero-order valence-corrected chi connectivity index (χ0v) is 14.9. The van der Waals surface area contributed by atoms with E-state index in [1.54, 1.807) is 18.2 Å². The topological polar surface area (TPSA) is 72.7 Å². The van der Waals surface area contributed by atoms with Gasteiger partial charge in [-0.3, -0.25) is 4.79 Å². The third kappa shape index (κ3) is 4.35. The number of aromatic nitrogens is 4. The summed E-state index contributed by atoms with van der Waals surface area (Å²) in [5, 5.41) is 16.1. The number of rotatable bonds is 5. The Hall–Kier alpha value is -2.44. The quantitative estimate of drug-likeness (QED) is 0.740. The van der Waals surface area contributed by atoms with Crippen LogP contribution >= 0.6 is 23.2 Å².